The lowest BCUT2D eigenvalue weighted by molar-refractivity contribution is -0.113. The smallest absolute Gasteiger partial charge is 0.276 e. The summed E-state index contributed by atoms with van der Waals surface area (Å²) >= 11 is 8.61. The molecule has 0 fully saturated rings. The van der Waals surface area contributed by atoms with Crippen molar-refractivity contribution in [1.29, 1.82) is 0 Å². The number of benzene rings is 2. The minimum Gasteiger partial charge on any atom is -0.495 e. The molecular weight excluding hydrogens is 466 g/mol. The predicted octanol–water partition coefficient (Wildman–Crippen LogP) is 5.46. The number of nitrogens with one attached hydrogen (secondary N) is 1. The second-order valence-corrected chi connectivity index (χ2v) is 9.41. The van der Waals surface area contributed by atoms with E-state index in [1.54, 1.807) is 22.8 Å². The molecule has 1 amide bonds. The van der Waals surface area contributed by atoms with E-state index in [0.717, 1.165) is 16.8 Å². The number of methoxy groups -OCH3 is 1. The monoisotopic (exact) mass is 485 g/mol. The largest absolute Gasteiger partial charge is 0.495 e. The number of ether oxygens (including phenoxy) is 1. The van der Waals surface area contributed by atoms with Crippen molar-refractivity contribution in [3.05, 3.63) is 74.3 Å². The van der Waals surface area contributed by atoms with E-state index in [1.165, 1.54) is 30.2 Å². The van der Waals surface area contributed by atoms with Gasteiger partial charge in [-0.2, -0.15) is 0 Å². The van der Waals surface area contributed by atoms with Gasteiger partial charge in [0.05, 0.1) is 29.8 Å². The Labute approximate surface area is 198 Å². The highest BCUT2D eigenvalue weighted by Gasteiger charge is 2.17. The SMILES string of the molecule is COc1ccc(Cl)cc1NC(=O)CSc1nc2ccsc2c(=O)n1-c1ccc(C)c(C)c1. The van der Waals surface area contributed by atoms with Crippen molar-refractivity contribution in [3.63, 3.8) is 0 Å². The van der Waals surface area contributed by atoms with Gasteiger partial charge in [-0.05, 0) is 66.8 Å². The van der Waals surface area contributed by atoms with E-state index in [9.17, 15) is 9.59 Å². The molecule has 4 rings (SSSR count). The molecule has 9 heteroatoms. The van der Waals surface area contributed by atoms with Crippen LogP contribution in [0.5, 0.6) is 5.75 Å². The molecule has 0 aliphatic carbocycles. The first kappa shape index (κ1) is 22.4. The number of thiophene rings is 1. The standard InChI is InChI=1S/C23H20ClN3O3S2/c1-13-4-6-16(10-14(13)2)27-22(29)21-17(8-9-31-21)26-23(27)32-12-20(28)25-18-11-15(24)5-7-19(18)30-3/h4-11H,12H2,1-3H3,(H,25,28). The van der Waals surface area contributed by atoms with Crippen LogP contribution in [0.2, 0.25) is 5.02 Å². The topological polar surface area (TPSA) is 73.2 Å². The lowest BCUT2D eigenvalue weighted by atomic mass is 10.1. The van der Waals surface area contributed by atoms with Crippen molar-refractivity contribution in [2.75, 3.05) is 18.2 Å². The van der Waals surface area contributed by atoms with Crippen molar-refractivity contribution < 1.29 is 9.53 Å². The van der Waals surface area contributed by atoms with Gasteiger partial charge in [0, 0.05) is 5.02 Å². The Kier molecular flexibility index (Phi) is 6.55. The number of carbonyl (C=O) groups excluding carboxylic acids is 1. The molecule has 0 bridgehead atoms. The number of aromatic nitrogens is 2. The average molecular weight is 486 g/mol. The van der Waals surface area contributed by atoms with Gasteiger partial charge in [-0.15, -0.1) is 11.3 Å². The van der Waals surface area contributed by atoms with Crippen LogP contribution in [0, 0.1) is 13.8 Å². The number of fused-ring (bicyclic) bond motifs is 1. The highest BCUT2D eigenvalue weighted by atomic mass is 35.5. The first-order valence-electron chi connectivity index (χ1n) is 9.71. The third kappa shape index (κ3) is 4.53. The van der Waals surface area contributed by atoms with Gasteiger partial charge >= 0.3 is 0 Å². The number of aryl methyl sites for hydroxylation is 2. The summed E-state index contributed by atoms with van der Waals surface area (Å²) in [6.07, 6.45) is 0. The van der Waals surface area contributed by atoms with Gasteiger partial charge in [0.1, 0.15) is 10.4 Å². The van der Waals surface area contributed by atoms with Crippen LogP contribution in [0.25, 0.3) is 15.9 Å². The second kappa shape index (κ2) is 9.36. The van der Waals surface area contributed by atoms with Gasteiger partial charge < -0.3 is 10.1 Å². The summed E-state index contributed by atoms with van der Waals surface area (Å²) in [5.41, 5.74) is 3.89. The molecule has 1 N–H and O–H groups in total. The minimum absolute atomic E-state index is 0.0581. The van der Waals surface area contributed by atoms with Crippen molar-refractivity contribution in [2.45, 2.75) is 19.0 Å². The van der Waals surface area contributed by atoms with Crippen molar-refractivity contribution in [1.82, 2.24) is 9.55 Å². The maximum absolute atomic E-state index is 13.3. The van der Waals surface area contributed by atoms with E-state index in [1.807, 2.05) is 43.5 Å². The average Bonchev–Trinajstić information content (AvgIpc) is 3.24. The molecule has 0 atom stereocenters. The van der Waals surface area contributed by atoms with Gasteiger partial charge in [-0.1, -0.05) is 29.4 Å². The van der Waals surface area contributed by atoms with Crippen molar-refractivity contribution in [2.24, 2.45) is 0 Å². The summed E-state index contributed by atoms with van der Waals surface area (Å²) in [7, 11) is 1.52. The van der Waals surface area contributed by atoms with E-state index >= 15 is 0 Å². The van der Waals surface area contributed by atoms with Crippen LogP contribution in [0.3, 0.4) is 0 Å². The van der Waals surface area contributed by atoms with Crippen LogP contribution in [0.15, 0.2) is 57.8 Å². The molecule has 2 aromatic heterocycles. The summed E-state index contributed by atoms with van der Waals surface area (Å²) in [6, 6.07) is 12.6. The molecule has 164 valence electrons. The number of carbonyl (C=O) groups is 1. The minimum atomic E-state index is -0.262. The fraction of sp³-hybridized carbons (Fsp3) is 0.174. The fourth-order valence-electron chi connectivity index (χ4n) is 3.18. The Morgan fingerprint density at radius 1 is 1.19 bits per heavy atom. The zero-order valence-corrected chi connectivity index (χ0v) is 20.0. The van der Waals surface area contributed by atoms with Crippen molar-refractivity contribution >= 4 is 56.5 Å². The zero-order valence-electron chi connectivity index (χ0n) is 17.6. The zero-order chi connectivity index (χ0) is 22.8. The predicted molar refractivity (Wildman–Crippen MR) is 132 cm³/mol. The molecule has 2 heterocycles. The molecule has 0 saturated heterocycles. The first-order chi connectivity index (χ1) is 15.4. The quantitative estimate of drug-likeness (QED) is 0.290. The number of hydrogen-bond acceptors (Lipinski definition) is 6. The maximum Gasteiger partial charge on any atom is 0.276 e. The van der Waals surface area contributed by atoms with Gasteiger partial charge in [0.25, 0.3) is 5.56 Å². The Morgan fingerprint density at radius 2 is 2.00 bits per heavy atom. The molecular formula is C23H20ClN3O3S2. The van der Waals surface area contributed by atoms with Crippen LogP contribution in [-0.4, -0.2) is 28.3 Å². The number of thioether (sulfide) groups is 1. The third-order valence-corrected chi connectivity index (χ3v) is 7.03. The van der Waals surface area contributed by atoms with Crippen LogP contribution in [0.4, 0.5) is 5.69 Å². The Bertz CT molecular complexity index is 1380. The number of anilines is 1. The molecule has 6 nitrogen and oxygen atoms in total. The van der Waals surface area contributed by atoms with E-state index in [2.05, 4.69) is 10.3 Å². The number of hydrogen-bond donors (Lipinski definition) is 1. The van der Waals surface area contributed by atoms with E-state index in [-0.39, 0.29) is 17.2 Å². The molecule has 0 spiro atoms. The molecule has 2 aromatic carbocycles. The van der Waals surface area contributed by atoms with Gasteiger partial charge in [0.2, 0.25) is 5.91 Å². The van der Waals surface area contributed by atoms with Crippen LogP contribution in [-0.2, 0) is 4.79 Å². The summed E-state index contributed by atoms with van der Waals surface area (Å²) in [6.45, 7) is 4.02. The number of rotatable bonds is 6. The molecule has 32 heavy (non-hydrogen) atoms. The van der Waals surface area contributed by atoms with E-state index in [0.29, 0.717) is 31.8 Å². The molecule has 4 aromatic rings. The maximum atomic E-state index is 13.3. The molecule has 0 aliphatic heterocycles. The molecule has 0 radical (unpaired) electrons. The molecule has 0 saturated carbocycles. The number of nitrogens with zero attached hydrogens (tertiary/aromatic N) is 2. The Morgan fingerprint density at radius 3 is 2.75 bits per heavy atom. The Hall–Kier alpha value is -2.81. The third-order valence-electron chi connectivity index (χ3n) is 4.97. The second-order valence-electron chi connectivity index (χ2n) is 7.12. The van der Waals surface area contributed by atoms with Crippen LogP contribution < -0.4 is 15.6 Å². The lowest BCUT2D eigenvalue weighted by Gasteiger charge is -2.14. The summed E-state index contributed by atoms with van der Waals surface area (Å²) < 4.78 is 7.44. The highest BCUT2D eigenvalue weighted by molar-refractivity contribution is 7.99. The van der Waals surface area contributed by atoms with Gasteiger partial charge in [-0.3, -0.25) is 14.2 Å². The fourth-order valence-corrected chi connectivity index (χ4v) is 4.92. The highest BCUT2D eigenvalue weighted by Crippen LogP contribution is 2.29. The first-order valence-corrected chi connectivity index (χ1v) is 12.0. The van der Waals surface area contributed by atoms with Crippen molar-refractivity contribution in [3.8, 4) is 11.4 Å². The molecule has 0 unspecified atom stereocenters. The van der Waals surface area contributed by atoms with Gasteiger partial charge in [-0.25, -0.2) is 4.98 Å². The van der Waals surface area contributed by atoms with E-state index in [4.69, 9.17) is 16.3 Å². The summed E-state index contributed by atoms with van der Waals surface area (Å²) in [4.78, 5) is 30.6. The Balaban J connectivity index is 1.65. The van der Waals surface area contributed by atoms with Gasteiger partial charge in [0.15, 0.2) is 5.16 Å². The van der Waals surface area contributed by atoms with Crippen LogP contribution >= 0.6 is 34.7 Å². The van der Waals surface area contributed by atoms with E-state index < -0.39 is 0 Å². The number of amides is 1. The summed E-state index contributed by atoms with van der Waals surface area (Å²) in [5, 5.41) is 5.60. The van der Waals surface area contributed by atoms with Crippen LogP contribution in [0.1, 0.15) is 11.1 Å². The number of halogens is 1. The lowest BCUT2D eigenvalue weighted by Crippen LogP contribution is -2.22. The molecule has 0 aliphatic rings. The normalized spacial score (nSPS) is 11.0. The summed E-state index contributed by atoms with van der Waals surface area (Å²) in [5.74, 6) is 0.308.